The molecule has 0 amide bonds. The Balaban J connectivity index is 2.99. The molecule has 0 aliphatic carbocycles. The molecule has 3 nitrogen and oxygen atoms in total. The lowest BCUT2D eigenvalue weighted by atomic mass is 9.93. The van der Waals surface area contributed by atoms with Crippen LogP contribution in [-0.2, 0) is 9.53 Å². The molecule has 0 spiro atoms. The number of hydrogen-bond donors (Lipinski definition) is 1. The minimum atomic E-state index is -5.13. The second-order valence-corrected chi connectivity index (χ2v) is 4.78. The van der Waals surface area contributed by atoms with Gasteiger partial charge in [0.2, 0.25) is 0 Å². The first-order chi connectivity index (χ1) is 8.72. The maximum Gasteiger partial charge on any atom is 0.428 e. The molecule has 1 heterocycles. The van der Waals surface area contributed by atoms with Crippen LogP contribution in [0.4, 0.5) is 13.2 Å². The fraction of sp³-hybridized carbons (Fsp3) is 0.417. The lowest BCUT2D eigenvalue weighted by Crippen LogP contribution is -2.53. The molecule has 0 aromatic carbocycles. The van der Waals surface area contributed by atoms with Gasteiger partial charge in [0.1, 0.15) is 0 Å². The van der Waals surface area contributed by atoms with Crippen molar-refractivity contribution in [2.75, 3.05) is 6.61 Å². The number of thiophene rings is 1. The fourth-order valence-electron chi connectivity index (χ4n) is 1.41. The van der Waals surface area contributed by atoms with E-state index in [1.54, 1.807) is 17.5 Å². The minimum Gasteiger partial charge on any atom is -0.464 e. The van der Waals surface area contributed by atoms with Crippen molar-refractivity contribution < 1.29 is 27.8 Å². The Morgan fingerprint density at radius 1 is 1.53 bits per heavy atom. The first-order valence-corrected chi connectivity index (χ1v) is 6.28. The lowest BCUT2D eigenvalue weighted by Gasteiger charge is -2.28. The van der Waals surface area contributed by atoms with Gasteiger partial charge in [0, 0.05) is 11.3 Å². The van der Waals surface area contributed by atoms with E-state index in [4.69, 9.17) is 0 Å². The van der Waals surface area contributed by atoms with Crippen LogP contribution in [0.15, 0.2) is 24.1 Å². The first-order valence-electron chi connectivity index (χ1n) is 5.40. The third-order valence-electron chi connectivity index (χ3n) is 2.42. The maximum absolute atomic E-state index is 12.9. The summed E-state index contributed by atoms with van der Waals surface area (Å²) in [4.78, 5) is 11.9. The molecule has 0 radical (unpaired) electrons. The number of esters is 1. The Hall–Kier alpha value is -1.34. The quantitative estimate of drug-likeness (QED) is 0.849. The molecule has 0 saturated heterocycles. The molecule has 0 fully saturated rings. The molecule has 0 saturated carbocycles. The highest BCUT2D eigenvalue weighted by Crippen LogP contribution is 2.39. The molecular formula is C12H13F3O3S. The molecule has 1 N–H and O–H groups in total. The van der Waals surface area contributed by atoms with Crippen molar-refractivity contribution in [3.63, 3.8) is 0 Å². The van der Waals surface area contributed by atoms with Crippen LogP contribution in [0.5, 0.6) is 0 Å². The van der Waals surface area contributed by atoms with Gasteiger partial charge in [0.25, 0.3) is 5.60 Å². The lowest BCUT2D eigenvalue weighted by molar-refractivity contribution is -0.260. The number of carbonyl (C=O) groups excluding carboxylic acids is 1. The molecule has 1 atom stereocenters. The van der Waals surface area contributed by atoms with Crippen molar-refractivity contribution in [2.45, 2.75) is 25.1 Å². The highest BCUT2D eigenvalue weighted by atomic mass is 32.1. The van der Waals surface area contributed by atoms with Crippen LogP contribution < -0.4 is 0 Å². The van der Waals surface area contributed by atoms with E-state index in [-0.39, 0.29) is 12.2 Å². The van der Waals surface area contributed by atoms with Crippen molar-refractivity contribution in [1.29, 1.82) is 0 Å². The monoisotopic (exact) mass is 294 g/mol. The van der Waals surface area contributed by atoms with E-state index < -0.39 is 24.2 Å². The molecule has 1 rings (SSSR count). The minimum absolute atomic E-state index is 0.0304. The number of ether oxygens (including phenoxy) is 1. The van der Waals surface area contributed by atoms with Crippen molar-refractivity contribution in [3.8, 4) is 0 Å². The molecule has 0 bridgehead atoms. The molecule has 0 unspecified atom stereocenters. The summed E-state index contributed by atoms with van der Waals surface area (Å²) in [5.41, 5.74) is -3.53. The van der Waals surface area contributed by atoms with Gasteiger partial charge in [-0.2, -0.15) is 13.2 Å². The van der Waals surface area contributed by atoms with Crippen molar-refractivity contribution in [2.24, 2.45) is 0 Å². The van der Waals surface area contributed by atoms with Crippen molar-refractivity contribution >= 4 is 22.9 Å². The van der Waals surface area contributed by atoms with Crippen LogP contribution in [0.1, 0.15) is 18.2 Å². The van der Waals surface area contributed by atoms with E-state index in [1.807, 2.05) is 0 Å². The average molecular weight is 294 g/mol. The van der Waals surface area contributed by atoms with Crippen LogP contribution in [-0.4, -0.2) is 29.5 Å². The molecule has 1 aromatic heterocycles. The van der Waals surface area contributed by atoms with E-state index in [2.05, 4.69) is 11.3 Å². The van der Waals surface area contributed by atoms with E-state index in [0.29, 0.717) is 4.88 Å². The second kappa shape index (κ2) is 5.75. The normalized spacial score (nSPS) is 14.8. The van der Waals surface area contributed by atoms with Gasteiger partial charge in [0.15, 0.2) is 0 Å². The van der Waals surface area contributed by atoms with E-state index in [1.165, 1.54) is 18.3 Å². The third-order valence-corrected chi connectivity index (χ3v) is 3.39. The number of aliphatic hydroxyl groups is 1. The van der Waals surface area contributed by atoms with Crippen molar-refractivity contribution in [3.05, 3.63) is 29.0 Å². The molecule has 1 aromatic rings. The predicted molar refractivity (Wildman–Crippen MR) is 65.6 cm³/mol. The first kappa shape index (κ1) is 15.7. The predicted octanol–water partition coefficient (Wildman–Crippen LogP) is 3.01. The fourth-order valence-corrected chi connectivity index (χ4v) is 2.11. The van der Waals surface area contributed by atoms with Gasteiger partial charge in [-0.15, -0.1) is 11.3 Å². The third kappa shape index (κ3) is 3.36. The number of hydrogen-bond acceptors (Lipinski definition) is 4. The van der Waals surface area contributed by atoms with Crippen LogP contribution in [0.2, 0.25) is 0 Å². The Labute approximate surface area is 112 Å². The Bertz CT molecular complexity index is 453. The summed E-state index contributed by atoms with van der Waals surface area (Å²) in [5.74, 6) is -1.71. The van der Waals surface area contributed by atoms with Gasteiger partial charge in [-0.3, -0.25) is 0 Å². The summed E-state index contributed by atoms with van der Waals surface area (Å²) in [6, 6.07) is 3.21. The van der Waals surface area contributed by atoms with Gasteiger partial charge < -0.3 is 9.84 Å². The van der Waals surface area contributed by atoms with E-state index >= 15 is 0 Å². The zero-order valence-corrected chi connectivity index (χ0v) is 11.0. The van der Waals surface area contributed by atoms with E-state index in [9.17, 15) is 23.1 Å². The largest absolute Gasteiger partial charge is 0.464 e. The number of halogens is 3. The van der Waals surface area contributed by atoms with Crippen molar-refractivity contribution in [1.82, 2.24) is 0 Å². The summed E-state index contributed by atoms with van der Waals surface area (Å²) < 4.78 is 43.0. The summed E-state index contributed by atoms with van der Waals surface area (Å²) in [6.07, 6.45) is -6.07. The standard InChI is InChI=1S/C12H13F3O3S/c1-3-18-10(16)11(17,12(13,14)15)7-8(2)9-5-4-6-19-9/h4-6,17H,2-3,7H2,1H3/t11-/m0/s1. The molecule has 106 valence electrons. The number of carbonyl (C=O) groups is 1. The van der Waals surface area contributed by atoms with Crippen LogP contribution in [0.3, 0.4) is 0 Å². The molecular weight excluding hydrogens is 281 g/mol. The maximum atomic E-state index is 12.9. The van der Waals surface area contributed by atoms with Gasteiger partial charge in [-0.25, -0.2) is 4.79 Å². The topological polar surface area (TPSA) is 46.5 Å². The number of rotatable bonds is 5. The highest BCUT2D eigenvalue weighted by Gasteiger charge is 2.60. The van der Waals surface area contributed by atoms with Gasteiger partial charge >= 0.3 is 12.1 Å². The van der Waals surface area contributed by atoms with Gasteiger partial charge in [-0.1, -0.05) is 12.6 Å². The Morgan fingerprint density at radius 2 is 2.16 bits per heavy atom. The summed E-state index contributed by atoms with van der Waals surface area (Å²) in [7, 11) is 0. The second-order valence-electron chi connectivity index (χ2n) is 3.84. The molecule has 0 aliphatic rings. The molecule has 7 heteroatoms. The zero-order chi connectivity index (χ0) is 14.7. The van der Waals surface area contributed by atoms with E-state index in [0.717, 1.165) is 0 Å². The smallest absolute Gasteiger partial charge is 0.428 e. The molecule has 19 heavy (non-hydrogen) atoms. The SMILES string of the molecule is C=C(C[C@](O)(C(=O)OCC)C(F)(F)F)c1cccs1. The highest BCUT2D eigenvalue weighted by molar-refractivity contribution is 7.11. The number of alkyl halides is 3. The van der Waals surface area contributed by atoms with Crippen LogP contribution in [0.25, 0.3) is 5.57 Å². The Kier molecular flexibility index (Phi) is 4.75. The summed E-state index contributed by atoms with van der Waals surface area (Å²) in [6.45, 7) is 4.60. The molecule has 0 aliphatic heterocycles. The Morgan fingerprint density at radius 3 is 2.58 bits per heavy atom. The summed E-state index contributed by atoms with van der Waals surface area (Å²) in [5, 5.41) is 11.3. The summed E-state index contributed by atoms with van der Waals surface area (Å²) >= 11 is 1.18. The van der Waals surface area contributed by atoms with Gasteiger partial charge in [0.05, 0.1) is 6.61 Å². The van der Waals surface area contributed by atoms with Gasteiger partial charge in [-0.05, 0) is 23.9 Å². The zero-order valence-electron chi connectivity index (χ0n) is 10.2. The van der Waals surface area contributed by atoms with Crippen LogP contribution in [0, 0.1) is 0 Å². The average Bonchev–Trinajstić information content (AvgIpc) is 2.80. The van der Waals surface area contributed by atoms with Crippen LogP contribution >= 0.6 is 11.3 Å².